The predicted molar refractivity (Wildman–Crippen MR) is 107 cm³/mol. The number of amides is 1. The number of nitrogens with zero attached hydrogens (tertiary/aromatic N) is 2. The van der Waals surface area contributed by atoms with E-state index < -0.39 is 28.8 Å². The van der Waals surface area contributed by atoms with Crippen LogP contribution in [0.3, 0.4) is 0 Å². The maximum absolute atomic E-state index is 13.0. The van der Waals surface area contributed by atoms with Crippen LogP contribution in [0.1, 0.15) is 28.6 Å². The molecule has 1 atom stereocenters. The molecule has 2 aromatic carbocycles. The van der Waals surface area contributed by atoms with Crippen LogP contribution in [0.15, 0.2) is 77.2 Å². The van der Waals surface area contributed by atoms with Crippen molar-refractivity contribution >= 4 is 17.8 Å². The van der Waals surface area contributed by atoms with Gasteiger partial charge in [-0.25, -0.2) is 4.79 Å². The summed E-state index contributed by atoms with van der Waals surface area (Å²) in [4.78, 5) is 36.8. The average molecular weight is 408 g/mol. The monoisotopic (exact) mass is 408 g/mol. The Morgan fingerprint density at radius 1 is 0.967 bits per heavy atom. The highest BCUT2D eigenvalue weighted by Crippen LogP contribution is 2.18. The second-order valence-corrected chi connectivity index (χ2v) is 6.61. The highest BCUT2D eigenvalue weighted by atomic mass is 16.7. The first-order valence-corrected chi connectivity index (χ1v) is 9.26. The number of ether oxygens (including phenoxy) is 1. The molecule has 154 valence electrons. The molecule has 8 heteroatoms. The highest BCUT2D eigenvalue weighted by Gasteiger charge is 2.27. The van der Waals surface area contributed by atoms with E-state index in [4.69, 9.17) is 9.15 Å². The second-order valence-electron chi connectivity index (χ2n) is 6.61. The fourth-order valence-electron chi connectivity index (χ4n) is 2.88. The van der Waals surface area contributed by atoms with Crippen LogP contribution in [0, 0.1) is 10.1 Å². The smallest absolute Gasteiger partial charge is 0.433 e. The van der Waals surface area contributed by atoms with Crippen molar-refractivity contribution in [1.29, 1.82) is 0 Å². The van der Waals surface area contributed by atoms with E-state index in [0.29, 0.717) is 13.1 Å². The molecule has 0 fully saturated rings. The van der Waals surface area contributed by atoms with Gasteiger partial charge in [0.1, 0.15) is 4.92 Å². The maximum Gasteiger partial charge on any atom is 0.433 e. The van der Waals surface area contributed by atoms with Gasteiger partial charge in [-0.05, 0) is 24.1 Å². The van der Waals surface area contributed by atoms with Gasteiger partial charge in [-0.2, -0.15) is 0 Å². The largest absolute Gasteiger partial charge is 0.447 e. The molecule has 0 radical (unpaired) electrons. The van der Waals surface area contributed by atoms with Gasteiger partial charge >= 0.3 is 11.9 Å². The summed E-state index contributed by atoms with van der Waals surface area (Å²) >= 11 is 0. The molecular formula is C22H20N2O6. The fraction of sp³-hybridized carbons (Fsp3) is 0.182. The predicted octanol–water partition coefficient (Wildman–Crippen LogP) is 3.96. The topological polar surface area (TPSA) is 103 Å². The molecule has 1 heterocycles. The lowest BCUT2D eigenvalue weighted by molar-refractivity contribution is -0.402. The molecule has 0 aliphatic heterocycles. The van der Waals surface area contributed by atoms with Gasteiger partial charge in [0.2, 0.25) is 5.76 Å². The Labute approximate surface area is 172 Å². The molecule has 0 saturated heterocycles. The molecule has 1 aromatic heterocycles. The van der Waals surface area contributed by atoms with Crippen molar-refractivity contribution in [3.8, 4) is 0 Å². The van der Waals surface area contributed by atoms with Gasteiger partial charge in [0.05, 0.1) is 6.07 Å². The Kier molecular flexibility index (Phi) is 6.59. The van der Waals surface area contributed by atoms with E-state index in [-0.39, 0.29) is 5.76 Å². The normalized spacial score (nSPS) is 11.5. The number of carbonyl (C=O) groups is 2. The van der Waals surface area contributed by atoms with Gasteiger partial charge in [0, 0.05) is 13.1 Å². The third-order valence-electron chi connectivity index (χ3n) is 4.35. The minimum Gasteiger partial charge on any atom is -0.447 e. The quantitative estimate of drug-likeness (QED) is 0.317. The summed E-state index contributed by atoms with van der Waals surface area (Å²) in [5.74, 6) is -2.24. The zero-order valence-corrected chi connectivity index (χ0v) is 16.3. The molecular weight excluding hydrogens is 388 g/mol. The maximum atomic E-state index is 13.0. The lowest BCUT2D eigenvalue weighted by Gasteiger charge is -2.26. The molecule has 0 N–H and O–H groups in total. The Hall–Kier alpha value is -3.94. The molecule has 1 amide bonds. The van der Waals surface area contributed by atoms with E-state index in [1.807, 2.05) is 60.7 Å². The zero-order chi connectivity index (χ0) is 21.5. The Balaban J connectivity index is 1.73. The third kappa shape index (κ3) is 5.32. The first kappa shape index (κ1) is 20.8. The zero-order valence-electron chi connectivity index (χ0n) is 16.3. The Morgan fingerprint density at radius 2 is 1.50 bits per heavy atom. The van der Waals surface area contributed by atoms with E-state index >= 15 is 0 Å². The van der Waals surface area contributed by atoms with E-state index in [1.165, 1.54) is 6.92 Å². The number of hydrogen-bond acceptors (Lipinski definition) is 6. The number of carbonyl (C=O) groups excluding carboxylic acids is 2. The molecule has 0 aliphatic carbocycles. The number of nitro groups is 1. The van der Waals surface area contributed by atoms with Crippen LogP contribution >= 0.6 is 0 Å². The van der Waals surface area contributed by atoms with Crippen LogP contribution in [0.5, 0.6) is 0 Å². The van der Waals surface area contributed by atoms with Crippen molar-refractivity contribution in [2.24, 2.45) is 0 Å². The molecule has 8 nitrogen and oxygen atoms in total. The van der Waals surface area contributed by atoms with E-state index in [1.54, 1.807) is 4.90 Å². The highest BCUT2D eigenvalue weighted by molar-refractivity contribution is 5.90. The molecule has 0 aliphatic rings. The van der Waals surface area contributed by atoms with Gasteiger partial charge in [0.15, 0.2) is 6.10 Å². The van der Waals surface area contributed by atoms with Crippen molar-refractivity contribution in [2.75, 3.05) is 0 Å². The summed E-state index contributed by atoms with van der Waals surface area (Å²) in [7, 11) is 0. The number of rotatable bonds is 8. The van der Waals surface area contributed by atoms with Crippen LogP contribution in [-0.4, -0.2) is 27.8 Å². The summed E-state index contributed by atoms with van der Waals surface area (Å²) in [6, 6.07) is 21.1. The summed E-state index contributed by atoms with van der Waals surface area (Å²) in [6.45, 7) is 2.13. The van der Waals surface area contributed by atoms with E-state index in [2.05, 4.69) is 0 Å². The van der Waals surface area contributed by atoms with Gasteiger partial charge in [-0.3, -0.25) is 14.9 Å². The molecule has 30 heavy (non-hydrogen) atoms. The van der Waals surface area contributed by atoms with Crippen molar-refractivity contribution in [2.45, 2.75) is 26.1 Å². The lowest BCUT2D eigenvalue weighted by atomic mass is 10.1. The van der Waals surface area contributed by atoms with Crippen LogP contribution in [-0.2, 0) is 22.6 Å². The molecule has 0 spiro atoms. The number of furan rings is 1. The summed E-state index contributed by atoms with van der Waals surface area (Å²) < 4.78 is 10.0. The van der Waals surface area contributed by atoms with Crippen LogP contribution in [0.25, 0.3) is 0 Å². The fourth-order valence-corrected chi connectivity index (χ4v) is 2.88. The van der Waals surface area contributed by atoms with Crippen molar-refractivity contribution in [3.63, 3.8) is 0 Å². The summed E-state index contributed by atoms with van der Waals surface area (Å²) in [5.41, 5.74) is 1.86. The Morgan fingerprint density at radius 3 is 1.97 bits per heavy atom. The first-order valence-electron chi connectivity index (χ1n) is 9.26. The van der Waals surface area contributed by atoms with Crippen LogP contribution in [0.2, 0.25) is 0 Å². The SMILES string of the molecule is CC(OC(=O)c1ccc([N+](=O)[O-])o1)C(=O)N(Cc1ccccc1)Cc1ccccc1. The minimum absolute atomic E-state index is 0.334. The summed E-state index contributed by atoms with van der Waals surface area (Å²) in [6.07, 6.45) is -1.10. The molecule has 0 bridgehead atoms. The molecule has 1 unspecified atom stereocenters. The molecule has 3 rings (SSSR count). The third-order valence-corrected chi connectivity index (χ3v) is 4.35. The molecule has 3 aromatic rings. The van der Waals surface area contributed by atoms with Crippen molar-refractivity contribution in [1.82, 2.24) is 4.90 Å². The van der Waals surface area contributed by atoms with Gasteiger partial charge in [0.25, 0.3) is 5.91 Å². The number of hydrogen-bond donors (Lipinski definition) is 0. The molecule has 0 saturated carbocycles. The van der Waals surface area contributed by atoms with Crippen LogP contribution in [0.4, 0.5) is 5.88 Å². The average Bonchev–Trinajstić information content (AvgIpc) is 3.25. The van der Waals surface area contributed by atoms with Crippen molar-refractivity contribution < 1.29 is 23.7 Å². The van der Waals surface area contributed by atoms with E-state index in [0.717, 1.165) is 23.3 Å². The first-order chi connectivity index (χ1) is 14.4. The standard InChI is InChI=1S/C22H20N2O6/c1-16(29-22(26)19-12-13-20(30-19)24(27)28)21(25)23(14-17-8-4-2-5-9-17)15-18-10-6-3-7-11-18/h2-13,16H,14-15H2,1H3. The Bertz CT molecular complexity index is 975. The number of esters is 1. The summed E-state index contributed by atoms with van der Waals surface area (Å²) in [5, 5.41) is 10.7. The van der Waals surface area contributed by atoms with Crippen molar-refractivity contribution in [3.05, 3.63) is 99.8 Å². The second kappa shape index (κ2) is 9.51. The minimum atomic E-state index is -1.10. The van der Waals surface area contributed by atoms with Gasteiger partial charge in [-0.1, -0.05) is 60.7 Å². The number of benzene rings is 2. The van der Waals surface area contributed by atoms with E-state index in [9.17, 15) is 19.7 Å². The van der Waals surface area contributed by atoms with Gasteiger partial charge in [-0.15, -0.1) is 0 Å². The van der Waals surface area contributed by atoms with Gasteiger partial charge < -0.3 is 14.1 Å². The van der Waals surface area contributed by atoms with Crippen LogP contribution < -0.4 is 0 Å². The lowest BCUT2D eigenvalue weighted by Crippen LogP contribution is -2.39.